The minimum Gasteiger partial charge on any atom is -0.497 e. The summed E-state index contributed by atoms with van der Waals surface area (Å²) in [5.74, 6) is -0.365. The summed E-state index contributed by atoms with van der Waals surface area (Å²) in [4.78, 5) is 20.6. The van der Waals surface area contributed by atoms with Crippen LogP contribution in [0.4, 0.5) is 0 Å². The van der Waals surface area contributed by atoms with Crippen molar-refractivity contribution >= 4 is 18.0 Å². The molecule has 0 aliphatic carbocycles. The van der Waals surface area contributed by atoms with Crippen LogP contribution in [0.2, 0.25) is 0 Å². The highest BCUT2D eigenvalue weighted by Gasteiger charge is 1.99. The predicted octanol–water partition coefficient (Wildman–Crippen LogP) is 3.14. The maximum absolute atomic E-state index is 10.4. The summed E-state index contributed by atoms with van der Waals surface area (Å²) in [7, 11) is 1.57. The first kappa shape index (κ1) is 18.7. The molecule has 21 heavy (non-hydrogen) atoms. The van der Waals surface area contributed by atoms with E-state index in [-0.39, 0.29) is 12.1 Å². The summed E-state index contributed by atoms with van der Waals surface area (Å²) >= 11 is 0. The van der Waals surface area contributed by atoms with Gasteiger partial charge in [0.15, 0.2) is 0 Å². The van der Waals surface area contributed by atoms with Gasteiger partial charge in [-0.05, 0) is 37.6 Å². The molecule has 0 bridgehead atoms. The molecule has 0 radical (unpaired) electrons. The Morgan fingerprint density at radius 3 is 2.43 bits per heavy atom. The monoisotopic (exact) mass is 294 g/mol. The van der Waals surface area contributed by atoms with Gasteiger partial charge in [0.2, 0.25) is 0 Å². The van der Waals surface area contributed by atoms with Crippen molar-refractivity contribution in [2.75, 3.05) is 7.11 Å². The molecule has 5 nitrogen and oxygen atoms in total. The second-order valence-electron chi connectivity index (χ2n) is 4.34. The molecule has 0 heterocycles. The Labute approximate surface area is 125 Å². The van der Waals surface area contributed by atoms with Crippen molar-refractivity contribution in [1.82, 2.24) is 0 Å². The minimum absolute atomic E-state index is 0.0300. The molecule has 0 aliphatic heterocycles. The van der Waals surface area contributed by atoms with Gasteiger partial charge < -0.3 is 14.6 Å². The van der Waals surface area contributed by atoms with Crippen molar-refractivity contribution in [3.8, 4) is 5.75 Å². The van der Waals surface area contributed by atoms with Crippen LogP contribution in [-0.2, 0) is 14.3 Å². The first-order valence-corrected chi connectivity index (χ1v) is 6.63. The van der Waals surface area contributed by atoms with Gasteiger partial charge in [-0.2, -0.15) is 0 Å². The molecular formula is C16H22O5. The van der Waals surface area contributed by atoms with Crippen molar-refractivity contribution < 1.29 is 24.2 Å². The number of hydrogen-bond acceptors (Lipinski definition) is 4. The predicted molar refractivity (Wildman–Crippen MR) is 81.2 cm³/mol. The summed E-state index contributed by atoms with van der Waals surface area (Å²) in [6.07, 6.45) is 3.11. The molecule has 0 unspecified atom stereocenters. The summed E-state index contributed by atoms with van der Waals surface area (Å²) < 4.78 is 9.74. The number of ether oxygens (including phenoxy) is 2. The van der Waals surface area contributed by atoms with E-state index in [4.69, 9.17) is 14.6 Å². The summed E-state index contributed by atoms with van der Waals surface area (Å²) in [5.41, 5.74) is 0.807. The van der Waals surface area contributed by atoms with Crippen LogP contribution in [0.5, 0.6) is 5.75 Å². The number of rotatable bonds is 5. The van der Waals surface area contributed by atoms with Gasteiger partial charge >= 0.3 is 11.9 Å². The fraction of sp³-hybridized carbons (Fsp3) is 0.375. The molecule has 0 saturated heterocycles. The number of benzene rings is 1. The number of carbonyl (C=O) groups is 2. The van der Waals surface area contributed by atoms with Crippen LogP contribution < -0.4 is 4.74 Å². The highest BCUT2D eigenvalue weighted by Crippen LogP contribution is 2.13. The van der Waals surface area contributed by atoms with Gasteiger partial charge in [-0.15, -0.1) is 0 Å². The maximum Gasteiger partial charge on any atom is 0.328 e. The molecule has 0 saturated carbocycles. The SMILES string of the molecule is CCC(=O)OC(C)C.COc1cccc(/C=C/C(=O)O)c1. The summed E-state index contributed by atoms with van der Waals surface area (Å²) in [6.45, 7) is 5.46. The van der Waals surface area contributed by atoms with Crippen LogP contribution >= 0.6 is 0 Å². The van der Waals surface area contributed by atoms with E-state index >= 15 is 0 Å². The van der Waals surface area contributed by atoms with Gasteiger partial charge in [0.25, 0.3) is 0 Å². The smallest absolute Gasteiger partial charge is 0.328 e. The number of aliphatic carboxylic acids is 1. The topological polar surface area (TPSA) is 72.8 Å². The van der Waals surface area contributed by atoms with E-state index in [2.05, 4.69) is 0 Å². The van der Waals surface area contributed by atoms with Gasteiger partial charge in [-0.3, -0.25) is 4.79 Å². The lowest BCUT2D eigenvalue weighted by Gasteiger charge is -2.04. The van der Waals surface area contributed by atoms with E-state index in [1.165, 1.54) is 6.08 Å². The molecule has 0 aromatic heterocycles. The lowest BCUT2D eigenvalue weighted by molar-refractivity contribution is -0.147. The molecule has 0 fully saturated rings. The van der Waals surface area contributed by atoms with Crippen LogP contribution in [0.15, 0.2) is 30.3 Å². The molecule has 1 N–H and O–H groups in total. The fourth-order valence-corrected chi connectivity index (χ4v) is 1.26. The lowest BCUT2D eigenvalue weighted by Crippen LogP contribution is -2.09. The van der Waals surface area contributed by atoms with Gasteiger partial charge in [0, 0.05) is 12.5 Å². The zero-order chi connectivity index (χ0) is 16.3. The largest absolute Gasteiger partial charge is 0.497 e. The van der Waals surface area contributed by atoms with Crippen molar-refractivity contribution in [3.05, 3.63) is 35.9 Å². The molecule has 0 atom stereocenters. The Hall–Kier alpha value is -2.30. The van der Waals surface area contributed by atoms with Gasteiger partial charge in [-0.25, -0.2) is 4.79 Å². The zero-order valence-electron chi connectivity index (χ0n) is 12.8. The number of carboxylic acids is 1. The Bertz CT molecular complexity index is 477. The Kier molecular flexibility index (Phi) is 9.33. The Morgan fingerprint density at radius 2 is 2.00 bits per heavy atom. The standard InChI is InChI=1S/C10H10O3.C6H12O2/c1-13-9-4-2-3-8(7-9)5-6-10(11)12;1-4-6(7)8-5(2)3/h2-7H,1H3,(H,11,12);5H,4H2,1-3H3/b6-5+;. The number of methoxy groups -OCH3 is 1. The molecule has 0 amide bonds. The number of carbonyl (C=O) groups excluding carboxylic acids is 1. The van der Waals surface area contributed by atoms with Gasteiger partial charge in [0.1, 0.15) is 5.75 Å². The van der Waals surface area contributed by atoms with E-state index in [0.29, 0.717) is 12.2 Å². The molecule has 0 aliphatic rings. The lowest BCUT2D eigenvalue weighted by atomic mass is 10.2. The van der Waals surface area contributed by atoms with Crippen molar-refractivity contribution in [3.63, 3.8) is 0 Å². The van der Waals surface area contributed by atoms with E-state index in [9.17, 15) is 9.59 Å². The molecule has 0 spiro atoms. The quantitative estimate of drug-likeness (QED) is 0.667. The molecule has 1 aromatic carbocycles. The fourth-order valence-electron chi connectivity index (χ4n) is 1.26. The number of esters is 1. The average molecular weight is 294 g/mol. The second-order valence-corrected chi connectivity index (χ2v) is 4.34. The van der Waals surface area contributed by atoms with E-state index < -0.39 is 5.97 Å². The van der Waals surface area contributed by atoms with Crippen LogP contribution in [0, 0.1) is 0 Å². The third-order valence-corrected chi connectivity index (χ3v) is 2.17. The molecule has 5 heteroatoms. The van der Waals surface area contributed by atoms with Crippen LogP contribution in [0.3, 0.4) is 0 Å². The highest BCUT2D eigenvalue weighted by atomic mass is 16.5. The zero-order valence-corrected chi connectivity index (χ0v) is 12.8. The maximum atomic E-state index is 10.4. The normalized spacial score (nSPS) is 9.95. The van der Waals surface area contributed by atoms with Crippen molar-refractivity contribution in [2.45, 2.75) is 33.3 Å². The third-order valence-electron chi connectivity index (χ3n) is 2.17. The van der Waals surface area contributed by atoms with Crippen molar-refractivity contribution in [2.24, 2.45) is 0 Å². The molecular weight excluding hydrogens is 272 g/mol. The Morgan fingerprint density at radius 1 is 1.33 bits per heavy atom. The molecule has 1 rings (SSSR count). The van der Waals surface area contributed by atoms with E-state index in [1.807, 2.05) is 19.9 Å². The number of hydrogen-bond donors (Lipinski definition) is 1. The van der Waals surface area contributed by atoms with E-state index in [0.717, 1.165) is 11.6 Å². The van der Waals surface area contributed by atoms with Gasteiger partial charge in [0.05, 0.1) is 13.2 Å². The van der Waals surface area contributed by atoms with Crippen molar-refractivity contribution in [1.29, 1.82) is 0 Å². The van der Waals surface area contributed by atoms with Crippen LogP contribution in [0.25, 0.3) is 6.08 Å². The summed E-state index contributed by atoms with van der Waals surface area (Å²) in [6, 6.07) is 7.18. The summed E-state index contributed by atoms with van der Waals surface area (Å²) in [5, 5.41) is 8.38. The number of carboxylic acid groups (broad SMARTS) is 1. The first-order valence-electron chi connectivity index (χ1n) is 6.63. The third kappa shape index (κ3) is 10.2. The first-order chi connectivity index (χ1) is 9.88. The van der Waals surface area contributed by atoms with Crippen LogP contribution in [-0.4, -0.2) is 30.3 Å². The van der Waals surface area contributed by atoms with E-state index in [1.54, 1.807) is 32.2 Å². The Balaban J connectivity index is 0.000000433. The highest BCUT2D eigenvalue weighted by molar-refractivity contribution is 5.85. The molecule has 1 aromatic rings. The minimum atomic E-state index is -0.956. The second kappa shape index (κ2) is 10.5. The molecule has 116 valence electrons. The van der Waals surface area contributed by atoms with Crippen LogP contribution in [0.1, 0.15) is 32.8 Å². The van der Waals surface area contributed by atoms with Gasteiger partial charge in [-0.1, -0.05) is 19.1 Å². The average Bonchev–Trinajstić information content (AvgIpc) is 2.45.